The van der Waals surface area contributed by atoms with Crippen LogP contribution >= 0.6 is 0 Å². The molecule has 4 atom stereocenters. The van der Waals surface area contributed by atoms with Crippen LogP contribution in [0.3, 0.4) is 0 Å². The number of hydrogen-bond acceptors (Lipinski definition) is 8. The molecule has 0 bridgehead atoms. The molecule has 1 heterocycles. The Balaban J connectivity index is 1.66. The summed E-state index contributed by atoms with van der Waals surface area (Å²) in [6.07, 6.45) is 9.82. The molecule has 8 nitrogen and oxygen atoms in total. The average Bonchev–Trinajstić information content (AvgIpc) is 3.32. The molecule has 0 saturated carbocycles. The Bertz CT molecular complexity index is 1300. The van der Waals surface area contributed by atoms with Crippen molar-refractivity contribution in [2.45, 2.75) is 90.9 Å². The second-order valence-corrected chi connectivity index (χ2v) is 18.6. The fourth-order valence-electron chi connectivity index (χ4n) is 5.04. The third-order valence-electron chi connectivity index (χ3n) is 7.41. The summed E-state index contributed by atoms with van der Waals surface area (Å²) < 4.78 is 40.7. The zero-order valence-electron chi connectivity index (χ0n) is 28.7. The predicted octanol–water partition coefficient (Wildman–Crippen LogP) is 7.86. The molecule has 0 amide bonds. The molecule has 0 aromatic heterocycles. The van der Waals surface area contributed by atoms with Crippen molar-refractivity contribution in [3.63, 3.8) is 0 Å². The Kier molecular flexibility index (Phi) is 13.3. The van der Waals surface area contributed by atoms with Gasteiger partial charge >= 0.3 is 5.97 Å². The van der Waals surface area contributed by atoms with Crippen LogP contribution in [-0.4, -0.2) is 65.7 Å². The molecule has 3 rings (SSSR count). The van der Waals surface area contributed by atoms with Gasteiger partial charge in [-0.3, -0.25) is 0 Å². The second-order valence-electron chi connectivity index (χ2n) is 13.2. The number of benzene rings is 2. The molecule has 1 fully saturated rings. The number of carbonyl (C=O) groups excluding carboxylic acids is 1. The summed E-state index contributed by atoms with van der Waals surface area (Å²) in [4.78, 5) is 13.2. The van der Waals surface area contributed by atoms with Gasteiger partial charge in [-0.25, -0.2) is 4.79 Å². The molecule has 1 aliphatic rings. The van der Waals surface area contributed by atoms with Crippen LogP contribution in [0.15, 0.2) is 54.6 Å². The predicted molar refractivity (Wildman–Crippen MR) is 181 cm³/mol. The first-order chi connectivity index (χ1) is 21.2. The lowest BCUT2D eigenvalue weighted by Gasteiger charge is -2.21. The van der Waals surface area contributed by atoms with E-state index in [0.717, 1.165) is 17.7 Å². The van der Waals surface area contributed by atoms with Crippen molar-refractivity contribution in [1.82, 2.24) is 0 Å². The minimum atomic E-state index is -1.60. The summed E-state index contributed by atoms with van der Waals surface area (Å²) in [6, 6.07) is 11.4. The maximum atomic E-state index is 13.2. The maximum Gasteiger partial charge on any atom is 0.342 e. The van der Waals surface area contributed by atoms with Crippen molar-refractivity contribution >= 4 is 20.1 Å². The molecule has 0 N–H and O–H groups in total. The van der Waals surface area contributed by atoms with Gasteiger partial charge in [0, 0.05) is 12.0 Å². The van der Waals surface area contributed by atoms with Crippen molar-refractivity contribution in [1.29, 1.82) is 0 Å². The van der Waals surface area contributed by atoms with E-state index >= 15 is 0 Å². The van der Waals surface area contributed by atoms with Crippen LogP contribution in [-0.2, 0) is 25.6 Å². The van der Waals surface area contributed by atoms with Crippen LogP contribution in [0.4, 0.5) is 0 Å². The summed E-state index contributed by atoms with van der Waals surface area (Å²) in [7, 11) is 3.19. The minimum Gasteiger partial charge on any atom is -0.497 e. The van der Waals surface area contributed by atoms with E-state index < -0.39 is 19.8 Å². The van der Waals surface area contributed by atoms with E-state index in [-0.39, 0.29) is 24.2 Å². The molecule has 0 aliphatic carbocycles. The normalized spacial score (nSPS) is 19.5. The Labute approximate surface area is 270 Å². The lowest BCUT2D eigenvalue weighted by molar-refractivity contribution is -0.148. The number of rotatable bonds is 16. The van der Waals surface area contributed by atoms with Crippen molar-refractivity contribution in [2.75, 3.05) is 27.6 Å². The van der Waals surface area contributed by atoms with Gasteiger partial charge in [0.1, 0.15) is 22.8 Å². The van der Waals surface area contributed by atoms with E-state index in [4.69, 9.17) is 33.2 Å². The average molecular weight is 641 g/mol. The van der Waals surface area contributed by atoms with Crippen LogP contribution in [0.5, 0.6) is 17.2 Å². The SMILES string of the molecule is COc1ccc(CO[C@H](C)C/C=C\C(C)[C@H]2OC(C)(C)O[C@H]2C/C=C/c2cc(OC)cc(OC)c2C(=O)OC[Si](C)(C)C)cc1. The minimum absolute atomic E-state index is 0.0675. The quantitative estimate of drug-likeness (QED) is 0.104. The van der Waals surface area contributed by atoms with Crippen molar-refractivity contribution in [3.8, 4) is 17.2 Å². The van der Waals surface area contributed by atoms with Gasteiger partial charge in [0.25, 0.3) is 0 Å². The smallest absolute Gasteiger partial charge is 0.342 e. The lowest BCUT2D eigenvalue weighted by Crippen LogP contribution is -2.30. The van der Waals surface area contributed by atoms with Crippen LogP contribution in [0, 0.1) is 5.92 Å². The van der Waals surface area contributed by atoms with Gasteiger partial charge in [-0.05, 0) is 62.9 Å². The Morgan fingerprint density at radius 2 is 1.64 bits per heavy atom. The Morgan fingerprint density at radius 3 is 2.27 bits per heavy atom. The molecule has 2 aromatic carbocycles. The molecule has 1 aliphatic heterocycles. The van der Waals surface area contributed by atoms with Gasteiger partial charge in [-0.2, -0.15) is 0 Å². The Hall–Kier alpha value is -3.11. The highest BCUT2D eigenvalue weighted by Gasteiger charge is 2.42. The highest BCUT2D eigenvalue weighted by molar-refractivity contribution is 6.76. The second kappa shape index (κ2) is 16.4. The number of ether oxygens (including phenoxy) is 7. The highest BCUT2D eigenvalue weighted by atomic mass is 28.3. The van der Waals surface area contributed by atoms with Gasteiger partial charge in [0.05, 0.1) is 60.6 Å². The van der Waals surface area contributed by atoms with Crippen LogP contribution in [0.25, 0.3) is 6.08 Å². The summed E-state index contributed by atoms with van der Waals surface area (Å²) in [5.74, 6) is 0.843. The van der Waals surface area contributed by atoms with Gasteiger partial charge in [-0.1, -0.05) is 63.0 Å². The molecule has 1 saturated heterocycles. The van der Waals surface area contributed by atoms with Crippen LogP contribution < -0.4 is 14.2 Å². The largest absolute Gasteiger partial charge is 0.497 e. The van der Waals surface area contributed by atoms with E-state index in [0.29, 0.717) is 41.9 Å². The zero-order valence-corrected chi connectivity index (χ0v) is 29.7. The summed E-state index contributed by atoms with van der Waals surface area (Å²) >= 11 is 0. The number of methoxy groups -OCH3 is 3. The summed E-state index contributed by atoms with van der Waals surface area (Å²) in [5.41, 5.74) is 2.16. The van der Waals surface area contributed by atoms with E-state index in [2.05, 4.69) is 45.6 Å². The molecule has 248 valence electrons. The molecule has 2 aromatic rings. The summed E-state index contributed by atoms with van der Waals surface area (Å²) in [6.45, 7) is 15.1. The molecular weight excluding hydrogens is 588 g/mol. The van der Waals surface area contributed by atoms with Crippen LogP contribution in [0.1, 0.15) is 62.0 Å². The third kappa shape index (κ3) is 11.3. The number of carbonyl (C=O) groups is 1. The molecule has 45 heavy (non-hydrogen) atoms. The fourth-order valence-corrected chi connectivity index (χ4v) is 5.60. The van der Waals surface area contributed by atoms with E-state index in [1.165, 1.54) is 7.11 Å². The molecule has 0 radical (unpaired) electrons. The van der Waals surface area contributed by atoms with E-state index in [1.54, 1.807) is 20.3 Å². The first kappa shape index (κ1) is 36.4. The Morgan fingerprint density at radius 1 is 0.956 bits per heavy atom. The zero-order chi connectivity index (χ0) is 33.2. The molecule has 9 heteroatoms. The van der Waals surface area contributed by atoms with Crippen molar-refractivity contribution in [2.24, 2.45) is 5.92 Å². The third-order valence-corrected chi connectivity index (χ3v) is 8.42. The first-order valence-electron chi connectivity index (χ1n) is 15.6. The molecule has 0 spiro atoms. The first-order valence-corrected chi connectivity index (χ1v) is 19.3. The monoisotopic (exact) mass is 640 g/mol. The van der Waals surface area contributed by atoms with Crippen molar-refractivity contribution < 1.29 is 38.0 Å². The maximum absolute atomic E-state index is 13.2. The van der Waals surface area contributed by atoms with E-state index in [9.17, 15) is 4.79 Å². The van der Waals surface area contributed by atoms with Gasteiger partial charge in [-0.15, -0.1) is 0 Å². The fraction of sp³-hybridized carbons (Fsp3) is 0.528. The van der Waals surface area contributed by atoms with E-state index in [1.807, 2.05) is 56.3 Å². The standard InChI is InChI=1S/C36H52O8Si/c1-25(13-11-14-26(2)41-23-27-17-19-29(38-5)20-18-27)34-31(43-36(3,4)44-34)16-12-15-28-21-30(39-6)22-32(40-7)33(28)35(37)42-24-45(8,9)10/h11-13,15,17-22,25-26,31,34H,14,16,23-24H2,1-10H3/b13-11-,15-12+/t25?,26-,31+,34-/m1/s1. The van der Waals surface area contributed by atoms with Crippen LogP contribution in [0.2, 0.25) is 19.6 Å². The molecular formula is C36H52O8Si. The van der Waals surface area contributed by atoms with Gasteiger partial charge in [0.15, 0.2) is 5.79 Å². The molecule has 1 unspecified atom stereocenters. The van der Waals surface area contributed by atoms with Crippen molar-refractivity contribution in [3.05, 3.63) is 71.3 Å². The number of hydrogen-bond donors (Lipinski definition) is 0. The van der Waals surface area contributed by atoms with Gasteiger partial charge in [0.2, 0.25) is 0 Å². The summed E-state index contributed by atoms with van der Waals surface area (Å²) in [5, 5.41) is 0. The van der Waals surface area contributed by atoms with Gasteiger partial charge < -0.3 is 33.2 Å². The topological polar surface area (TPSA) is 81.7 Å². The lowest BCUT2D eigenvalue weighted by atomic mass is 9.96. The number of esters is 1. The highest BCUT2D eigenvalue weighted by Crippen LogP contribution is 2.35.